The van der Waals surface area contributed by atoms with Gasteiger partial charge in [-0.05, 0) is 24.6 Å². The summed E-state index contributed by atoms with van der Waals surface area (Å²) in [5.41, 5.74) is 1.04. The summed E-state index contributed by atoms with van der Waals surface area (Å²) in [4.78, 5) is 0. The molecule has 1 heterocycles. The molecule has 5 nitrogen and oxygen atoms in total. The fourth-order valence-electron chi connectivity index (χ4n) is 1.76. The molecule has 0 bridgehead atoms. The maximum absolute atomic E-state index is 8.69. The van der Waals surface area contributed by atoms with E-state index in [1.807, 2.05) is 19.1 Å². The minimum atomic E-state index is 0.000839. The smallest absolute Gasteiger partial charge is 0.231 e. The first-order chi connectivity index (χ1) is 8.74. The lowest BCUT2D eigenvalue weighted by Gasteiger charge is -2.09. The minimum absolute atomic E-state index is 0.000839. The van der Waals surface area contributed by atoms with E-state index in [9.17, 15) is 0 Å². The van der Waals surface area contributed by atoms with Crippen LogP contribution in [0.3, 0.4) is 0 Å². The molecule has 0 saturated carbocycles. The number of rotatable bonds is 5. The molecule has 1 aliphatic rings. The summed E-state index contributed by atoms with van der Waals surface area (Å²) in [7, 11) is 1.60. The number of nitriles is 1. The van der Waals surface area contributed by atoms with Crippen LogP contribution >= 0.6 is 0 Å². The second-order valence-corrected chi connectivity index (χ2v) is 4.19. The van der Waals surface area contributed by atoms with E-state index in [4.69, 9.17) is 19.5 Å². The van der Waals surface area contributed by atoms with Crippen LogP contribution in [0.15, 0.2) is 12.1 Å². The average molecular weight is 248 g/mol. The molecular formula is C13H16N2O3. The first kappa shape index (κ1) is 12.5. The Bertz CT molecular complexity index is 468. The Kier molecular flexibility index (Phi) is 3.90. The third-order valence-corrected chi connectivity index (χ3v) is 2.72. The molecule has 1 aromatic carbocycles. The second-order valence-electron chi connectivity index (χ2n) is 4.19. The zero-order valence-corrected chi connectivity index (χ0v) is 10.5. The van der Waals surface area contributed by atoms with Gasteiger partial charge in [-0.3, -0.25) is 0 Å². The number of methoxy groups -OCH3 is 1. The molecule has 1 aliphatic heterocycles. The molecule has 0 spiro atoms. The van der Waals surface area contributed by atoms with Gasteiger partial charge < -0.3 is 19.5 Å². The van der Waals surface area contributed by atoms with Crippen molar-refractivity contribution < 1.29 is 14.2 Å². The highest BCUT2D eigenvalue weighted by Gasteiger charge is 2.19. The standard InChI is InChI=1S/C13H16N2O3/c1-9(5-14)6-15-7-10-3-11(16-2)13-12(4-10)17-8-18-13/h3-4,9,15H,6-8H2,1-2H3. The van der Waals surface area contributed by atoms with Crippen molar-refractivity contribution in [3.63, 3.8) is 0 Å². The van der Waals surface area contributed by atoms with Crippen LogP contribution in [0.25, 0.3) is 0 Å². The van der Waals surface area contributed by atoms with Crippen molar-refractivity contribution in [3.8, 4) is 23.3 Å². The molecule has 5 heteroatoms. The summed E-state index contributed by atoms with van der Waals surface area (Å²) < 4.78 is 15.9. The van der Waals surface area contributed by atoms with Crippen LogP contribution in [0.1, 0.15) is 12.5 Å². The van der Waals surface area contributed by atoms with E-state index in [1.54, 1.807) is 7.11 Å². The number of nitrogens with zero attached hydrogens (tertiary/aromatic N) is 1. The van der Waals surface area contributed by atoms with Crippen molar-refractivity contribution in [1.82, 2.24) is 5.32 Å². The van der Waals surface area contributed by atoms with Gasteiger partial charge in [-0.25, -0.2) is 0 Å². The summed E-state index contributed by atoms with van der Waals surface area (Å²) in [6.07, 6.45) is 0. The van der Waals surface area contributed by atoms with Crippen molar-refractivity contribution in [2.45, 2.75) is 13.5 Å². The Morgan fingerprint density at radius 3 is 3.06 bits per heavy atom. The fraction of sp³-hybridized carbons (Fsp3) is 0.462. The quantitative estimate of drug-likeness (QED) is 0.858. The molecule has 2 rings (SSSR count). The number of hydrogen-bond acceptors (Lipinski definition) is 5. The van der Waals surface area contributed by atoms with Crippen molar-refractivity contribution >= 4 is 0 Å². The highest BCUT2D eigenvalue weighted by atomic mass is 16.7. The molecule has 0 saturated heterocycles. The van der Waals surface area contributed by atoms with Crippen LogP contribution in [0.5, 0.6) is 17.2 Å². The van der Waals surface area contributed by atoms with Crippen LogP contribution in [0, 0.1) is 17.2 Å². The summed E-state index contributed by atoms with van der Waals surface area (Å²) in [6.45, 7) is 3.44. The van der Waals surface area contributed by atoms with Crippen LogP contribution < -0.4 is 19.5 Å². The summed E-state index contributed by atoms with van der Waals surface area (Å²) in [5.74, 6) is 2.04. The lowest BCUT2D eigenvalue weighted by atomic mass is 10.1. The predicted molar refractivity (Wildman–Crippen MR) is 65.6 cm³/mol. The number of nitrogens with one attached hydrogen (secondary N) is 1. The highest BCUT2D eigenvalue weighted by molar-refractivity contribution is 5.55. The minimum Gasteiger partial charge on any atom is -0.493 e. The summed E-state index contributed by atoms with van der Waals surface area (Å²) in [5, 5.41) is 11.9. The Morgan fingerprint density at radius 2 is 2.33 bits per heavy atom. The molecule has 18 heavy (non-hydrogen) atoms. The van der Waals surface area contributed by atoms with Crippen LogP contribution in [-0.2, 0) is 6.54 Å². The molecule has 0 amide bonds. The van der Waals surface area contributed by atoms with Crippen molar-refractivity contribution in [2.75, 3.05) is 20.4 Å². The molecule has 0 aliphatic carbocycles. The Morgan fingerprint density at radius 1 is 1.50 bits per heavy atom. The zero-order valence-electron chi connectivity index (χ0n) is 10.5. The van der Waals surface area contributed by atoms with E-state index in [0.717, 1.165) is 5.56 Å². The number of hydrogen-bond donors (Lipinski definition) is 1. The normalized spacial score (nSPS) is 14.1. The first-order valence-corrected chi connectivity index (χ1v) is 5.81. The highest BCUT2D eigenvalue weighted by Crippen LogP contribution is 2.41. The Balaban J connectivity index is 2.04. The van der Waals surface area contributed by atoms with Gasteiger partial charge in [-0.1, -0.05) is 0 Å². The van der Waals surface area contributed by atoms with Crippen molar-refractivity contribution in [3.05, 3.63) is 17.7 Å². The lowest BCUT2D eigenvalue weighted by Crippen LogP contribution is -2.19. The molecule has 1 atom stereocenters. The molecule has 0 fully saturated rings. The lowest BCUT2D eigenvalue weighted by molar-refractivity contribution is 0.171. The van der Waals surface area contributed by atoms with E-state index in [1.165, 1.54) is 0 Å². The molecule has 0 aromatic heterocycles. The molecule has 0 radical (unpaired) electrons. The molecule has 1 unspecified atom stereocenters. The molecule has 1 aromatic rings. The second kappa shape index (κ2) is 5.61. The van der Waals surface area contributed by atoms with Gasteiger partial charge in [0, 0.05) is 13.1 Å². The number of ether oxygens (including phenoxy) is 3. The van der Waals surface area contributed by atoms with Gasteiger partial charge in [-0.15, -0.1) is 0 Å². The van der Waals surface area contributed by atoms with Crippen LogP contribution in [0.2, 0.25) is 0 Å². The van der Waals surface area contributed by atoms with E-state index in [0.29, 0.717) is 30.3 Å². The number of fused-ring (bicyclic) bond motifs is 1. The third kappa shape index (κ3) is 2.66. The SMILES string of the molecule is COc1cc(CNCC(C)C#N)cc2c1OCO2. The van der Waals surface area contributed by atoms with Crippen LogP contribution in [-0.4, -0.2) is 20.4 Å². The molecular weight excluding hydrogens is 232 g/mol. The predicted octanol–water partition coefficient (Wildman–Crippen LogP) is 1.67. The topological polar surface area (TPSA) is 63.5 Å². The van der Waals surface area contributed by atoms with Gasteiger partial charge in [0.1, 0.15) is 0 Å². The van der Waals surface area contributed by atoms with Crippen molar-refractivity contribution in [1.29, 1.82) is 5.26 Å². The summed E-state index contributed by atoms with van der Waals surface area (Å²) >= 11 is 0. The van der Waals surface area contributed by atoms with Gasteiger partial charge in [0.2, 0.25) is 12.5 Å². The Hall–Kier alpha value is -1.93. The van der Waals surface area contributed by atoms with E-state index in [-0.39, 0.29) is 12.7 Å². The van der Waals surface area contributed by atoms with Crippen molar-refractivity contribution in [2.24, 2.45) is 5.92 Å². The van der Waals surface area contributed by atoms with Gasteiger partial charge in [-0.2, -0.15) is 5.26 Å². The largest absolute Gasteiger partial charge is 0.493 e. The maximum atomic E-state index is 8.69. The first-order valence-electron chi connectivity index (χ1n) is 5.81. The Labute approximate surface area is 106 Å². The monoisotopic (exact) mass is 248 g/mol. The van der Waals surface area contributed by atoms with Gasteiger partial charge in [0.05, 0.1) is 19.1 Å². The number of benzene rings is 1. The van der Waals surface area contributed by atoms with E-state index < -0.39 is 0 Å². The molecule has 1 N–H and O–H groups in total. The van der Waals surface area contributed by atoms with Gasteiger partial charge in [0.15, 0.2) is 11.5 Å². The molecule has 96 valence electrons. The van der Waals surface area contributed by atoms with E-state index in [2.05, 4.69) is 11.4 Å². The maximum Gasteiger partial charge on any atom is 0.231 e. The van der Waals surface area contributed by atoms with E-state index >= 15 is 0 Å². The summed E-state index contributed by atoms with van der Waals surface area (Å²) in [6, 6.07) is 6.02. The van der Waals surface area contributed by atoms with Gasteiger partial charge >= 0.3 is 0 Å². The fourth-order valence-corrected chi connectivity index (χ4v) is 1.76. The van der Waals surface area contributed by atoms with Gasteiger partial charge in [0.25, 0.3) is 0 Å². The third-order valence-electron chi connectivity index (χ3n) is 2.72. The average Bonchev–Trinajstić information content (AvgIpc) is 2.85. The zero-order chi connectivity index (χ0) is 13.0. The van der Waals surface area contributed by atoms with Crippen LogP contribution in [0.4, 0.5) is 0 Å².